The van der Waals surface area contributed by atoms with Crippen molar-refractivity contribution in [1.29, 1.82) is 0 Å². The molecule has 0 radical (unpaired) electrons. The molecule has 3 heterocycles. The number of thiazole rings is 2. The van der Waals surface area contributed by atoms with Gasteiger partial charge in [-0.05, 0) is 24.3 Å². The number of pyridine rings is 1. The first-order valence-electron chi connectivity index (χ1n) is 7.67. The minimum Gasteiger partial charge on any atom is -0.291 e. The van der Waals surface area contributed by atoms with Crippen molar-refractivity contribution in [3.63, 3.8) is 0 Å². The van der Waals surface area contributed by atoms with Gasteiger partial charge in [-0.2, -0.15) is 0 Å². The average Bonchev–Trinajstić information content (AvgIpc) is 3.28. The highest BCUT2D eigenvalue weighted by Gasteiger charge is 2.17. The van der Waals surface area contributed by atoms with Gasteiger partial charge in [-0.3, -0.25) is 14.7 Å². The van der Waals surface area contributed by atoms with E-state index in [0.29, 0.717) is 5.13 Å². The number of likely N-dealkylation sites (N-methyl/N-ethyl adjacent to an activating group) is 1. The Bertz CT molecular complexity index is 993. The molecule has 7 heteroatoms. The summed E-state index contributed by atoms with van der Waals surface area (Å²) >= 11 is 3.04. The maximum absolute atomic E-state index is 12.6. The molecular formula is C18H14N4OS2. The zero-order valence-electron chi connectivity index (χ0n) is 13.4. The highest BCUT2D eigenvalue weighted by atomic mass is 32.1. The van der Waals surface area contributed by atoms with Crippen LogP contribution in [0.3, 0.4) is 0 Å². The molecule has 0 spiro atoms. The van der Waals surface area contributed by atoms with Gasteiger partial charge in [0.2, 0.25) is 5.91 Å². The van der Waals surface area contributed by atoms with E-state index in [1.165, 1.54) is 22.7 Å². The molecule has 0 bridgehead atoms. The smallest absolute Gasteiger partial charge is 0.234 e. The third kappa shape index (κ3) is 3.29. The first-order valence-corrected chi connectivity index (χ1v) is 9.37. The Kier molecular flexibility index (Phi) is 4.25. The number of para-hydroxylation sites is 1. The maximum atomic E-state index is 12.6. The molecule has 0 atom stereocenters. The predicted octanol–water partition coefficient (Wildman–Crippen LogP) is 4.02. The summed E-state index contributed by atoms with van der Waals surface area (Å²) in [6.07, 6.45) is 3.76. The molecule has 0 aliphatic heterocycles. The van der Waals surface area contributed by atoms with Crippen LogP contribution < -0.4 is 4.90 Å². The molecule has 0 N–H and O–H groups in total. The Balaban J connectivity index is 1.51. The zero-order chi connectivity index (χ0) is 17.2. The average molecular weight is 366 g/mol. The van der Waals surface area contributed by atoms with Gasteiger partial charge in [-0.1, -0.05) is 23.5 Å². The number of carbonyl (C=O) groups is 1. The molecule has 3 aromatic heterocycles. The van der Waals surface area contributed by atoms with E-state index >= 15 is 0 Å². The maximum Gasteiger partial charge on any atom is 0.234 e. The molecule has 0 saturated carbocycles. The second kappa shape index (κ2) is 6.70. The monoisotopic (exact) mass is 366 g/mol. The SMILES string of the molecule is CN(C(=O)Cc1csc(-c2cccnc2)n1)c1nc2ccccc2s1. The molecule has 1 amide bonds. The largest absolute Gasteiger partial charge is 0.291 e. The summed E-state index contributed by atoms with van der Waals surface area (Å²) in [7, 11) is 1.76. The zero-order valence-corrected chi connectivity index (χ0v) is 15.0. The Morgan fingerprint density at radius 1 is 1.16 bits per heavy atom. The van der Waals surface area contributed by atoms with Crippen molar-refractivity contribution in [2.75, 3.05) is 11.9 Å². The lowest BCUT2D eigenvalue weighted by Crippen LogP contribution is -2.27. The summed E-state index contributed by atoms with van der Waals surface area (Å²) in [5, 5.41) is 3.50. The Labute approximate surface area is 152 Å². The van der Waals surface area contributed by atoms with Gasteiger partial charge >= 0.3 is 0 Å². The van der Waals surface area contributed by atoms with Gasteiger partial charge in [0, 0.05) is 30.4 Å². The summed E-state index contributed by atoms with van der Waals surface area (Å²) in [5.41, 5.74) is 2.64. The Hall–Kier alpha value is -2.64. The van der Waals surface area contributed by atoms with Crippen molar-refractivity contribution in [3.05, 3.63) is 59.9 Å². The van der Waals surface area contributed by atoms with Gasteiger partial charge < -0.3 is 0 Å². The summed E-state index contributed by atoms with van der Waals surface area (Å²) in [6, 6.07) is 11.7. The van der Waals surface area contributed by atoms with E-state index in [4.69, 9.17) is 0 Å². The number of carbonyl (C=O) groups excluding carboxylic acids is 1. The van der Waals surface area contributed by atoms with E-state index in [1.807, 2.05) is 41.8 Å². The third-order valence-electron chi connectivity index (χ3n) is 3.74. The Morgan fingerprint density at radius 3 is 2.84 bits per heavy atom. The quantitative estimate of drug-likeness (QED) is 0.547. The van der Waals surface area contributed by atoms with E-state index in [-0.39, 0.29) is 12.3 Å². The van der Waals surface area contributed by atoms with Crippen LogP contribution in [-0.2, 0) is 11.2 Å². The van der Waals surface area contributed by atoms with Crippen LogP contribution in [0.5, 0.6) is 0 Å². The van der Waals surface area contributed by atoms with Crippen molar-refractivity contribution >= 4 is 43.9 Å². The van der Waals surface area contributed by atoms with E-state index in [9.17, 15) is 4.79 Å². The fraction of sp³-hybridized carbons (Fsp3) is 0.111. The number of aromatic nitrogens is 3. The molecule has 0 aliphatic rings. The van der Waals surface area contributed by atoms with Gasteiger partial charge in [0.05, 0.1) is 22.3 Å². The van der Waals surface area contributed by atoms with Crippen LogP contribution in [0.1, 0.15) is 5.69 Å². The van der Waals surface area contributed by atoms with Crippen LogP contribution in [0.4, 0.5) is 5.13 Å². The van der Waals surface area contributed by atoms with E-state index in [2.05, 4.69) is 15.0 Å². The molecule has 0 aliphatic carbocycles. The van der Waals surface area contributed by atoms with Gasteiger partial charge in [0.25, 0.3) is 0 Å². The molecule has 0 saturated heterocycles. The summed E-state index contributed by atoms with van der Waals surface area (Å²) in [5.74, 6) is -0.0258. The van der Waals surface area contributed by atoms with Crippen LogP contribution in [-0.4, -0.2) is 27.9 Å². The molecule has 0 unspecified atom stereocenters. The normalized spacial score (nSPS) is 10.9. The van der Waals surface area contributed by atoms with Crippen LogP contribution in [0.15, 0.2) is 54.2 Å². The molecule has 5 nitrogen and oxygen atoms in total. The van der Waals surface area contributed by atoms with Gasteiger partial charge in [-0.15, -0.1) is 11.3 Å². The fourth-order valence-corrected chi connectivity index (χ4v) is 4.15. The molecular weight excluding hydrogens is 352 g/mol. The van der Waals surface area contributed by atoms with Crippen molar-refractivity contribution in [2.45, 2.75) is 6.42 Å². The van der Waals surface area contributed by atoms with Crippen molar-refractivity contribution < 1.29 is 4.79 Å². The van der Waals surface area contributed by atoms with Crippen molar-refractivity contribution in [3.8, 4) is 10.6 Å². The molecule has 4 aromatic rings. The highest BCUT2D eigenvalue weighted by Crippen LogP contribution is 2.28. The lowest BCUT2D eigenvalue weighted by atomic mass is 10.3. The van der Waals surface area contributed by atoms with E-state index in [0.717, 1.165) is 26.5 Å². The lowest BCUT2D eigenvalue weighted by molar-refractivity contribution is -0.117. The number of rotatable bonds is 4. The van der Waals surface area contributed by atoms with Crippen LogP contribution in [0.2, 0.25) is 0 Å². The summed E-state index contributed by atoms with van der Waals surface area (Å²) in [4.78, 5) is 27.4. The van der Waals surface area contributed by atoms with Gasteiger partial charge in [0.15, 0.2) is 5.13 Å². The van der Waals surface area contributed by atoms with Crippen LogP contribution in [0, 0.1) is 0 Å². The van der Waals surface area contributed by atoms with Gasteiger partial charge in [-0.25, -0.2) is 9.97 Å². The number of fused-ring (bicyclic) bond motifs is 1. The second-order valence-electron chi connectivity index (χ2n) is 5.48. The predicted molar refractivity (Wildman–Crippen MR) is 102 cm³/mol. The number of amides is 1. The lowest BCUT2D eigenvalue weighted by Gasteiger charge is -2.12. The number of hydrogen-bond acceptors (Lipinski definition) is 6. The molecule has 0 fully saturated rings. The minimum atomic E-state index is -0.0258. The van der Waals surface area contributed by atoms with Crippen molar-refractivity contribution in [2.24, 2.45) is 0 Å². The molecule has 124 valence electrons. The highest BCUT2D eigenvalue weighted by molar-refractivity contribution is 7.22. The molecule has 25 heavy (non-hydrogen) atoms. The first-order chi connectivity index (χ1) is 12.2. The standard InChI is InChI=1S/C18H14N4OS2/c1-22(18-21-14-6-2-3-7-15(14)25-18)16(23)9-13-11-24-17(20-13)12-5-4-8-19-10-12/h2-8,10-11H,9H2,1H3. The summed E-state index contributed by atoms with van der Waals surface area (Å²) in [6.45, 7) is 0. The fourth-order valence-electron chi connectivity index (χ4n) is 2.39. The van der Waals surface area contributed by atoms with Crippen LogP contribution in [0.25, 0.3) is 20.8 Å². The topological polar surface area (TPSA) is 59.0 Å². The second-order valence-corrected chi connectivity index (χ2v) is 7.35. The molecule has 1 aromatic carbocycles. The van der Waals surface area contributed by atoms with E-state index < -0.39 is 0 Å². The van der Waals surface area contributed by atoms with Crippen LogP contribution >= 0.6 is 22.7 Å². The van der Waals surface area contributed by atoms with Gasteiger partial charge in [0.1, 0.15) is 5.01 Å². The van der Waals surface area contributed by atoms with Crippen molar-refractivity contribution in [1.82, 2.24) is 15.0 Å². The summed E-state index contributed by atoms with van der Waals surface area (Å²) < 4.78 is 1.07. The third-order valence-corrected chi connectivity index (χ3v) is 5.79. The Morgan fingerprint density at radius 2 is 2.04 bits per heavy atom. The first kappa shape index (κ1) is 15.9. The minimum absolute atomic E-state index is 0.0258. The number of hydrogen-bond donors (Lipinski definition) is 0. The van der Waals surface area contributed by atoms with E-state index in [1.54, 1.807) is 24.3 Å². The number of nitrogens with zero attached hydrogens (tertiary/aromatic N) is 4. The number of benzene rings is 1. The number of anilines is 1. The molecule has 4 rings (SSSR count).